The molecule has 3 aromatic carbocycles. The first-order valence-corrected chi connectivity index (χ1v) is 12.4. The summed E-state index contributed by atoms with van der Waals surface area (Å²) in [6.45, 7) is 6.35. The van der Waals surface area contributed by atoms with Crippen LogP contribution in [0.2, 0.25) is 0 Å². The number of amides is 1. The van der Waals surface area contributed by atoms with E-state index in [-0.39, 0.29) is 18.6 Å². The molecule has 0 bridgehead atoms. The molecule has 0 aliphatic carbocycles. The van der Waals surface area contributed by atoms with Gasteiger partial charge in [-0.2, -0.15) is 0 Å². The third-order valence-electron chi connectivity index (χ3n) is 5.95. The van der Waals surface area contributed by atoms with Crippen LogP contribution in [-0.2, 0) is 11.4 Å². The summed E-state index contributed by atoms with van der Waals surface area (Å²) in [4.78, 5) is 13.5. The van der Waals surface area contributed by atoms with Crippen LogP contribution in [-0.4, -0.2) is 26.0 Å². The molecule has 2 atom stereocenters. The van der Waals surface area contributed by atoms with Crippen LogP contribution in [0.5, 0.6) is 5.75 Å². The van der Waals surface area contributed by atoms with E-state index >= 15 is 0 Å². The highest BCUT2D eigenvalue weighted by Gasteiger charge is 2.38. The van der Waals surface area contributed by atoms with E-state index in [0.29, 0.717) is 11.0 Å². The van der Waals surface area contributed by atoms with Crippen molar-refractivity contribution in [2.45, 2.75) is 43.8 Å². The lowest BCUT2D eigenvalue weighted by atomic mass is 10.0. The maximum Gasteiger partial charge on any atom is 0.240 e. The molecular weight excluding hydrogens is 458 g/mol. The van der Waals surface area contributed by atoms with E-state index in [2.05, 4.69) is 51.3 Å². The van der Waals surface area contributed by atoms with Crippen molar-refractivity contribution < 1.29 is 9.53 Å². The van der Waals surface area contributed by atoms with Crippen molar-refractivity contribution in [2.24, 2.45) is 0 Å². The Morgan fingerprint density at radius 1 is 1.00 bits per heavy atom. The number of hydrogen-bond acceptors (Lipinski definition) is 6. The molecule has 0 radical (unpaired) electrons. The topological polar surface area (TPSA) is 81.1 Å². The number of aromatic nitrogens is 3. The van der Waals surface area contributed by atoms with Gasteiger partial charge >= 0.3 is 0 Å². The number of benzene rings is 3. The summed E-state index contributed by atoms with van der Waals surface area (Å²) in [6.07, 6.45) is 0. The molecule has 1 aliphatic rings. The average molecular weight is 486 g/mol. The molecule has 1 aliphatic heterocycles. The number of rotatable bonds is 6. The number of anilines is 1. The van der Waals surface area contributed by atoms with Crippen LogP contribution >= 0.6 is 11.8 Å². The summed E-state index contributed by atoms with van der Waals surface area (Å²) in [6, 6.07) is 23.6. The number of carbonyl (C=O) groups excluding carboxylic acids is 1. The molecular formula is C27H27N5O2S. The Balaban J connectivity index is 1.42. The van der Waals surface area contributed by atoms with Crippen molar-refractivity contribution >= 4 is 23.4 Å². The number of hydrogen-bond donors (Lipinski definition) is 2. The standard InChI is InChI=1S/C27H27N5O2S/c1-17-9-12-20(13-10-17)24-25(26(33)28-22-14-11-18(2)15-19(22)3)35-27-30-29-23(32(27)31-24)16-34-21-7-5-4-6-8-21/h4-15,24-25,31H,16H2,1-3H3,(H,28,33)/t24-,25-/m0/s1. The number of ether oxygens (including phenoxy) is 1. The van der Waals surface area contributed by atoms with Gasteiger partial charge < -0.3 is 15.5 Å². The molecule has 1 amide bonds. The molecule has 0 saturated heterocycles. The van der Waals surface area contributed by atoms with Crippen LogP contribution in [0, 0.1) is 20.8 Å². The first kappa shape index (κ1) is 23.0. The van der Waals surface area contributed by atoms with Gasteiger partial charge in [0.15, 0.2) is 5.82 Å². The highest BCUT2D eigenvalue weighted by molar-refractivity contribution is 8.00. The number of aryl methyl sites for hydroxylation is 3. The minimum absolute atomic E-state index is 0.0867. The zero-order valence-electron chi connectivity index (χ0n) is 19.9. The van der Waals surface area contributed by atoms with E-state index in [1.165, 1.54) is 11.8 Å². The molecule has 7 nitrogen and oxygen atoms in total. The molecule has 2 heterocycles. The van der Waals surface area contributed by atoms with E-state index in [9.17, 15) is 4.79 Å². The van der Waals surface area contributed by atoms with Gasteiger partial charge in [-0.25, -0.2) is 4.68 Å². The first-order chi connectivity index (χ1) is 17.0. The van der Waals surface area contributed by atoms with Crippen molar-refractivity contribution in [1.29, 1.82) is 0 Å². The van der Waals surface area contributed by atoms with Crippen LogP contribution in [0.3, 0.4) is 0 Å². The maximum absolute atomic E-state index is 13.5. The molecule has 1 aromatic heterocycles. The molecule has 0 spiro atoms. The molecule has 4 aromatic rings. The van der Waals surface area contributed by atoms with E-state index in [1.54, 1.807) is 0 Å². The number of thioether (sulfide) groups is 1. The molecule has 0 fully saturated rings. The molecule has 2 N–H and O–H groups in total. The summed E-state index contributed by atoms with van der Waals surface area (Å²) in [5, 5.41) is 12.0. The summed E-state index contributed by atoms with van der Waals surface area (Å²) < 4.78 is 7.73. The highest BCUT2D eigenvalue weighted by atomic mass is 32.2. The fourth-order valence-electron chi connectivity index (χ4n) is 4.04. The quantitative estimate of drug-likeness (QED) is 0.392. The smallest absolute Gasteiger partial charge is 0.240 e. The van der Waals surface area contributed by atoms with Crippen LogP contribution in [0.25, 0.3) is 0 Å². The summed E-state index contributed by atoms with van der Waals surface area (Å²) in [5.74, 6) is 1.31. The third kappa shape index (κ3) is 5.02. The van der Waals surface area contributed by atoms with Crippen molar-refractivity contribution in [1.82, 2.24) is 14.9 Å². The Hall–Kier alpha value is -3.78. The summed E-state index contributed by atoms with van der Waals surface area (Å²) >= 11 is 1.40. The predicted octanol–water partition coefficient (Wildman–Crippen LogP) is 5.18. The normalized spacial score (nSPS) is 16.8. The lowest BCUT2D eigenvalue weighted by Crippen LogP contribution is -2.41. The van der Waals surface area contributed by atoms with Crippen LogP contribution in [0.4, 0.5) is 5.69 Å². The Morgan fingerprint density at radius 3 is 2.49 bits per heavy atom. The van der Waals surface area contributed by atoms with E-state index in [1.807, 2.05) is 67.9 Å². The number of carbonyl (C=O) groups is 1. The maximum atomic E-state index is 13.5. The monoisotopic (exact) mass is 485 g/mol. The molecule has 35 heavy (non-hydrogen) atoms. The Labute approximate surface area is 208 Å². The summed E-state index contributed by atoms with van der Waals surface area (Å²) in [5.41, 5.74) is 8.66. The molecule has 5 rings (SSSR count). The van der Waals surface area contributed by atoms with Gasteiger partial charge in [-0.05, 0) is 50.1 Å². The lowest BCUT2D eigenvalue weighted by molar-refractivity contribution is -0.116. The van der Waals surface area contributed by atoms with Crippen LogP contribution in [0.1, 0.15) is 34.1 Å². The van der Waals surface area contributed by atoms with E-state index in [4.69, 9.17) is 4.74 Å². The average Bonchev–Trinajstić information content (AvgIpc) is 3.26. The second-order valence-corrected chi connectivity index (χ2v) is 9.81. The number of para-hydroxylation sites is 1. The van der Waals surface area contributed by atoms with E-state index in [0.717, 1.165) is 33.7 Å². The summed E-state index contributed by atoms with van der Waals surface area (Å²) in [7, 11) is 0. The van der Waals surface area contributed by atoms with Gasteiger partial charge in [-0.15, -0.1) is 10.2 Å². The van der Waals surface area contributed by atoms with Crippen molar-refractivity contribution in [2.75, 3.05) is 10.7 Å². The zero-order chi connectivity index (χ0) is 24.4. The number of nitrogens with zero attached hydrogens (tertiary/aromatic N) is 3. The molecule has 8 heteroatoms. The third-order valence-corrected chi connectivity index (χ3v) is 7.16. The number of fused-ring (bicyclic) bond motifs is 1. The van der Waals surface area contributed by atoms with Crippen LogP contribution in [0.15, 0.2) is 78.0 Å². The van der Waals surface area contributed by atoms with Gasteiger partial charge in [0.1, 0.15) is 17.6 Å². The lowest BCUT2D eigenvalue weighted by Gasteiger charge is -2.33. The minimum atomic E-state index is -0.446. The van der Waals surface area contributed by atoms with Crippen molar-refractivity contribution in [3.8, 4) is 5.75 Å². The van der Waals surface area contributed by atoms with Crippen molar-refractivity contribution in [3.63, 3.8) is 0 Å². The largest absolute Gasteiger partial charge is 0.486 e. The van der Waals surface area contributed by atoms with Crippen molar-refractivity contribution in [3.05, 3.63) is 101 Å². The predicted molar refractivity (Wildman–Crippen MR) is 138 cm³/mol. The Morgan fingerprint density at radius 2 is 1.74 bits per heavy atom. The van der Waals surface area contributed by atoms with E-state index < -0.39 is 5.25 Å². The van der Waals surface area contributed by atoms with Gasteiger partial charge in [-0.3, -0.25) is 4.79 Å². The second kappa shape index (κ2) is 9.84. The SMILES string of the molecule is Cc1ccc([C@@H]2Nn3c(COc4ccccc4)nnc3S[C@@H]2C(=O)Nc2ccc(C)cc2C)cc1. The fraction of sp³-hybridized carbons (Fsp3) is 0.222. The Kier molecular flexibility index (Phi) is 6.46. The van der Waals surface area contributed by atoms with Crippen LogP contribution < -0.4 is 15.5 Å². The zero-order valence-corrected chi connectivity index (χ0v) is 20.7. The van der Waals surface area contributed by atoms with Gasteiger partial charge in [0, 0.05) is 5.69 Å². The molecule has 178 valence electrons. The first-order valence-electron chi connectivity index (χ1n) is 11.5. The fourth-order valence-corrected chi connectivity index (χ4v) is 5.14. The molecule has 0 unspecified atom stereocenters. The highest BCUT2D eigenvalue weighted by Crippen LogP contribution is 2.38. The second-order valence-electron chi connectivity index (χ2n) is 8.70. The number of nitrogens with one attached hydrogen (secondary N) is 2. The van der Waals surface area contributed by atoms with Gasteiger partial charge in [-0.1, -0.05) is 77.5 Å². The van der Waals surface area contributed by atoms with Gasteiger partial charge in [0.05, 0.1) is 6.04 Å². The minimum Gasteiger partial charge on any atom is -0.486 e. The Bertz CT molecular complexity index is 1340. The van der Waals surface area contributed by atoms with Gasteiger partial charge in [0.2, 0.25) is 11.1 Å². The molecule has 0 saturated carbocycles. The van der Waals surface area contributed by atoms with Gasteiger partial charge in [0.25, 0.3) is 0 Å².